The molecule has 1 N–H and O–H groups in total. The highest BCUT2D eigenvalue weighted by Crippen LogP contribution is 2.27. The molecule has 1 aliphatic heterocycles. The first-order valence-electron chi connectivity index (χ1n) is 7.90. The number of ether oxygens (including phenoxy) is 2. The van der Waals surface area contributed by atoms with Crippen LogP contribution in [-0.4, -0.2) is 45.3 Å². The van der Waals surface area contributed by atoms with Crippen molar-refractivity contribution in [3.63, 3.8) is 0 Å². The molecule has 1 saturated heterocycles. The van der Waals surface area contributed by atoms with E-state index in [0.29, 0.717) is 0 Å². The molecule has 0 spiro atoms. The van der Waals surface area contributed by atoms with Gasteiger partial charge in [-0.1, -0.05) is 6.92 Å². The molecule has 0 aliphatic carbocycles. The van der Waals surface area contributed by atoms with Crippen molar-refractivity contribution in [2.24, 2.45) is 5.92 Å². The van der Waals surface area contributed by atoms with Crippen LogP contribution in [0.2, 0.25) is 0 Å². The third-order valence-corrected chi connectivity index (χ3v) is 4.27. The Labute approximate surface area is 140 Å². The minimum Gasteiger partial charge on any atom is -0.497 e. The summed E-state index contributed by atoms with van der Waals surface area (Å²) >= 11 is 0. The number of likely N-dealkylation sites (tertiary alicyclic amines) is 1. The fourth-order valence-corrected chi connectivity index (χ4v) is 2.94. The quantitative estimate of drug-likeness (QED) is 0.834. The molecule has 1 aromatic carbocycles. The van der Waals surface area contributed by atoms with Gasteiger partial charge in [0.25, 0.3) is 0 Å². The van der Waals surface area contributed by atoms with Crippen LogP contribution in [0.25, 0.3) is 0 Å². The highest BCUT2D eigenvalue weighted by molar-refractivity contribution is 5.85. The predicted octanol–water partition coefficient (Wildman–Crippen LogP) is 2.95. The summed E-state index contributed by atoms with van der Waals surface area (Å²) in [6, 6.07) is 6.03. The normalized spacial score (nSPS) is 16.1. The Kier molecular flexibility index (Phi) is 8.61. The van der Waals surface area contributed by atoms with Gasteiger partial charge in [0, 0.05) is 12.1 Å². The summed E-state index contributed by atoms with van der Waals surface area (Å²) < 4.78 is 10.8. The number of nitrogens with one attached hydrogen (secondary N) is 1. The largest absolute Gasteiger partial charge is 0.497 e. The average Bonchev–Trinajstić information content (AvgIpc) is 2.54. The topological polar surface area (TPSA) is 33.7 Å². The second-order valence-corrected chi connectivity index (χ2v) is 5.70. The second-order valence-electron chi connectivity index (χ2n) is 5.70. The summed E-state index contributed by atoms with van der Waals surface area (Å²) in [5.74, 6) is 2.67. The highest BCUT2D eigenvalue weighted by Gasteiger charge is 2.20. The van der Waals surface area contributed by atoms with Crippen molar-refractivity contribution >= 4 is 12.4 Å². The van der Waals surface area contributed by atoms with Crippen molar-refractivity contribution in [2.45, 2.75) is 26.3 Å². The van der Waals surface area contributed by atoms with Crippen LogP contribution in [0.3, 0.4) is 0 Å². The molecule has 0 amide bonds. The van der Waals surface area contributed by atoms with Gasteiger partial charge in [-0.3, -0.25) is 4.90 Å². The third kappa shape index (κ3) is 5.34. The molecule has 0 bridgehead atoms. The molecular formula is C17H29ClN2O2. The fourth-order valence-electron chi connectivity index (χ4n) is 2.94. The molecule has 0 atom stereocenters. The maximum absolute atomic E-state index is 5.47. The Balaban J connectivity index is 0.00000242. The van der Waals surface area contributed by atoms with Crippen LogP contribution < -0.4 is 14.8 Å². The van der Waals surface area contributed by atoms with E-state index in [4.69, 9.17) is 9.47 Å². The summed E-state index contributed by atoms with van der Waals surface area (Å²) in [7, 11) is 3.44. The van der Waals surface area contributed by atoms with Gasteiger partial charge in [-0.25, -0.2) is 0 Å². The van der Waals surface area contributed by atoms with Gasteiger partial charge in [0.15, 0.2) is 0 Å². The van der Waals surface area contributed by atoms with E-state index in [0.717, 1.165) is 50.1 Å². The van der Waals surface area contributed by atoms with Gasteiger partial charge in [-0.15, -0.1) is 12.4 Å². The smallest absolute Gasteiger partial charge is 0.123 e. The summed E-state index contributed by atoms with van der Waals surface area (Å²) in [4.78, 5) is 2.51. The van der Waals surface area contributed by atoms with Gasteiger partial charge >= 0.3 is 0 Å². The number of rotatable bonds is 7. The lowest BCUT2D eigenvalue weighted by Gasteiger charge is -2.32. The predicted molar refractivity (Wildman–Crippen MR) is 93.3 cm³/mol. The molecule has 5 heteroatoms. The Morgan fingerprint density at radius 1 is 1.18 bits per heavy atom. The molecule has 1 heterocycles. The minimum absolute atomic E-state index is 0. The first-order valence-corrected chi connectivity index (χ1v) is 7.90. The lowest BCUT2D eigenvalue weighted by Crippen LogP contribution is -2.36. The first-order chi connectivity index (χ1) is 10.3. The van der Waals surface area contributed by atoms with Crippen molar-refractivity contribution in [3.8, 4) is 11.5 Å². The van der Waals surface area contributed by atoms with E-state index in [-0.39, 0.29) is 12.4 Å². The molecule has 2 rings (SSSR count). The van der Waals surface area contributed by atoms with Gasteiger partial charge in [-0.2, -0.15) is 0 Å². The molecule has 22 heavy (non-hydrogen) atoms. The number of hydrogen-bond acceptors (Lipinski definition) is 4. The molecule has 1 aliphatic rings. The van der Waals surface area contributed by atoms with Crippen LogP contribution in [0.15, 0.2) is 18.2 Å². The molecule has 0 unspecified atom stereocenters. The van der Waals surface area contributed by atoms with E-state index in [1.54, 1.807) is 14.2 Å². The summed E-state index contributed by atoms with van der Waals surface area (Å²) in [5, 5.41) is 3.46. The average molecular weight is 329 g/mol. The zero-order chi connectivity index (χ0) is 15.1. The van der Waals surface area contributed by atoms with Crippen molar-refractivity contribution in [2.75, 3.05) is 40.4 Å². The standard InChI is InChI=1S/C17H28N2O2.ClH/c1-4-18-12-14-7-9-19(10-8-14)13-15-11-16(20-2)5-6-17(15)21-3;/h5-6,11,14,18H,4,7-10,12-13H2,1-3H3;1H. The van der Waals surface area contributed by atoms with Crippen molar-refractivity contribution in [1.29, 1.82) is 0 Å². The SMILES string of the molecule is CCNCC1CCN(Cc2cc(OC)ccc2OC)CC1.Cl. The van der Waals surface area contributed by atoms with E-state index in [1.807, 2.05) is 12.1 Å². The minimum atomic E-state index is 0. The maximum atomic E-state index is 5.47. The van der Waals surface area contributed by atoms with E-state index in [9.17, 15) is 0 Å². The van der Waals surface area contributed by atoms with Gasteiger partial charge in [-0.05, 0) is 63.1 Å². The number of piperidine rings is 1. The number of benzene rings is 1. The van der Waals surface area contributed by atoms with Gasteiger partial charge in [0.1, 0.15) is 11.5 Å². The van der Waals surface area contributed by atoms with E-state index in [1.165, 1.54) is 18.4 Å². The molecule has 4 nitrogen and oxygen atoms in total. The van der Waals surface area contributed by atoms with Crippen LogP contribution in [-0.2, 0) is 6.54 Å². The Hall–Kier alpha value is -0.970. The molecule has 0 saturated carbocycles. The van der Waals surface area contributed by atoms with Gasteiger partial charge in [0.2, 0.25) is 0 Å². The van der Waals surface area contributed by atoms with Crippen LogP contribution in [0.1, 0.15) is 25.3 Å². The number of methoxy groups -OCH3 is 2. The van der Waals surface area contributed by atoms with Crippen molar-refractivity contribution in [1.82, 2.24) is 10.2 Å². The van der Waals surface area contributed by atoms with Crippen LogP contribution in [0.4, 0.5) is 0 Å². The maximum Gasteiger partial charge on any atom is 0.123 e. The summed E-state index contributed by atoms with van der Waals surface area (Å²) in [5.41, 5.74) is 1.21. The van der Waals surface area contributed by atoms with Crippen LogP contribution >= 0.6 is 12.4 Å². The molecule has 1 aromatic rings. The Morgan fingerprint density at radius 2 is 1.91 bits per heavy atom. The van der Waals surface area contributed by atoms with E-state index < -0.39 is 0 Å². The van der Waals surface area contributed by atoms with E-state index in [2.05, 4.69) is 23.2 Å². The number of nitrogens with zero attached hydrogens (tertiary/aromatic N) is 1. The lowest BCUT2D eigenvalue weighted by molar-refractivity contribution is 0.174. The fraction of sp³-hybridized carbons (Fsp3) is 0.647. The molecule has 0 radical (unpaired) electrons. The van der Waals surface area contributed by atoms with Crippen molar-refractivity contribution < 1.29 is 9.47 Å². The second kappa shape index (κ2) is 9.93. The van der Waals surface area contributed by atoms with Crippen molar-refractivity contribution in [3.05, 3.63) is 23.8 Å². The monoisotopic (exact) mass is 328 g/mol. The zero-order valence-corrected chi connectivity index (χ0v) is 14.7. The van der Waals surface area contributed by atoms with Crippen LogP contribution in [0.5, 0.6) is 11.5 Å². The molecule has 0 aromatic heterocycles. The molecular weight excluding hydrogens is 300 g/mol. The van der Waals surface area contributed by atoms with Gasteiger partial charge < -0.3 is 14.8 Å². The lowest BCUT2D eigenvalue weighted by atomic mass is 9.96. The Bertz CT molecular complexity index is 435. The first kappa shape index (κ1) is 19.1. The van der Waals surface area contributed by atoms with Gasteiger partial charge in [0.05, 0.1) is 14.2 Å². The van der Waals surface area contributed by atoms with Crippen LogP contribution in [0, 0.1) is 5.92 Å². The third-order valence-electron chi connectivity index (χ3n) is 4.27. The zero-order valence-electron chi connectivity index (χ0n) is 13.9. The molecule has 126 valence electrons. The number of hydrogen-bond donors (Lipinski definition) is 1. The highest BCUT2D eigenvalue weighted by atomic mass is 35.5. The molecule has 1 fully saturated rings. The Morgan fingerprint density at radius 3 is 2.50 bits per heavy atom. The van der Waals surface area contributed by atoms with E-state index >= 15 is 0 Å². The summed E-state index contributed by atoms with van der Waals surface area (Å²) in [6.45, 7) is 7.67. The summed E-state index contributed by atoms with van der Waals surface area (Å²) in [6.07, 6.45) is 2.55. The number of halogens is 1.